The summed E-state index contributed by atoms with van der Waals surface area (Å²) in [6.07, 6.45) is 2.60. The molecule has 2 aromatic heterocycles. The fraction of sp³-hybridized carbons (Fsp3) is 0.316. The normalized spacial score (nSPS) is 10.9. The Morgan fingerprint density at radius 1 is 1.27 bits per heavy atom. The molecule has 0 bridgehead atoms. The van der Waals surface area contributed by atoms with Gasteiger partial charge in [0.2, 0.25) is 5.95 Å². The van der Waals surface area contributed by atoms with Gasteiger partial charge in [0, 0.05) is 32.5 Å². The van der Waals surface area contributed by atoms with E-state index in [4.69, 9.17) is 4.74 Å². The Morgan fingerprint density at radius 2 is 2.12 bits per heavy atom. The van der Waals surface area contributed by atoms with Crippen LogP contribution in [0.5, 0.6) is 0 Å². The minimum atomic E-state index is -0.202. The van der Waals surface area contributed by atoms with E-state index in [0.29, 0.717) is 24.5 Å². The lowest BCUT2D eigenvalue weighted by atomic mass is 10.2. The average molecular weight is 353 g/mol. The minimum absolute atomic E-state index is 0.202. The third-order valence-corrected chi connectivity index (χ3v) is 4.21. The van der Waals surface area contributed by atoms with E-state index in [0.717, 1.165) is 29.0 Å². The van der Waals surface area contributed by atoms with Gasteiger partial charge < -0.3 is 19.9 Å². The Kier molecular flexibility index (Phi) is 5.48. The predicted octanol–water partition coefficient (Wildman–Crippen LogP) is 2.84. The van der Waals surface area contributed by atoms with Crippen LogP contribution >= 0.6 is 0 Å². The molecule has 0 fully saturated rings. The SMILES string of the molecule is CCc1ccnc(NC(=O)c2ccc3c(c2)nc(NCCOC)n3C)c1. The van der Waals surface area contributed by atoms with Crippen LogP contribution in [0.1, 0.15) is 22.8 Å². The highest BCUT2D eigenvalue weighted by Gasteiger charge is 2.12. The second-order valence-electron chi connectivity index (χ2n) is 5.97. The fourth-order valence-electron chi connectivity index (χ4n) is 2.72. The molecule has 0 aliphatic rings. The van der Waals surface area contributed by atoms with Gasteiger partial charge in [0.05, 0.1) is 17.6 Å². The molecule has 3 rings (SSSR count). The molecule has 3 aromatic rings. The molecule has 0 atom stereocenters. The van der Waals surface area contributed by atoms with Gasteiger partial charge in [-0.3, -0.25) is 4.79 Å². The summed E-state index contributed by atoms with van der Waals surface area (Å²) >= 11 is 0. The maximum absolute atomic E-state index is 12.5. The van der Waals surface area contributed by atoms with Crippen molar-refractivity contribution in [1.29, 1.82) is 0 Å². The number of rotatable bonds is 7. The highest BCUT2D eigenvalue weighted by atomic mass is 16.5. The molecular weight excluding hydrogens is 330 g/mol. The Labute approximate surface area is 152 Å². The first kappa shape index (κ1) is 17.9. The van der Waals surface area contributed by atoms with Gasteiger partial charge in [-0.15, -0.1) is 0 Å². The maximum atomic E-state index is 12.5. The minimum Gasteiger partial charge on any atom is -0.383 e. The number of aromatic nitrogens is 3. The molecule has 7 nitrogen and oxygen atoms in total. The number of hydrogen-bond donors (Lipinski definition) is 2. The van der Waals surface area contributed by atoms with Crippen molar-refractivity contribution in [2.75, 3.05) is 30.9 Å². The van der Waals surface area contributed by atoms with Gasteiger partial charge in [-0.1, -0.05) is 6.92 Å². The first-order valence-corrected chi connectivity index (χ1v) is 8.58. The molecule has 1 amide bonds. The van der Waals surface area contributed by atoms with Crippen molar-refractivity contribution in [3.05, 3.63) is 47.7 Å². The van der Waals surface area contributed by atoms with Gasteiger partial charge in [-0.25, -0.2) is 9.97 Å². The summed E-state index contributed by atoms with van der Waals surface area (Å²) in [7, 11) is 3.59. The Morgan fingerprint density at radius 3 is 2.88 bits per heavy atom. The van der Waals surface area contributed by atoms with Crippen LogP contribution in [0.25, 0.3) is 11.0 Å². The summed E-state index contributed by atoms with van der Waals surface area (Å²) in [5.41, 5.74) is 3.38. The molecule has 0 saturated heterocycles. The zero-order chi connectivity index (χ0) is 18.5. The average Bonchev–Trinajstić information content (AvgIpc) is 2.97. The molecule has 136 valence electrons. The van der Waals surface area contributed by atoms with E-state index >= 15 is 0 Å². The molecule has 0 unspecified atom stereocenters. The largest absolute Gasteiger partial charge is 0.383 e. The number of amides is 1. The van der Waals surface area contributed by atoms with Crippen LogP contribution in [0.4, 0.5) is 11.8 Å². The topological polar surface area (TPSA) is 81.1 Å². The van der Waals surface area contributed by atoms with Crippen LogP contribution in [0, 0.1) is 0 Å². The van der Waals surface area contributed by atoms with E-state index in [9.17, 15) is 4.79 Å². The summed E-state index contributed by atoms with van der Waals surface area (Å²) in [5, 5.41) is 6.06. The van der Waals surface area contributed by atoms with Crippen LogP contribution in [0.15, 0.2) is 36.5 Å². The number of ether oxygens (including phenoxy) is 1. The van der Waals surface area contributed by atoms with Crippen molar-refractivity contribution in [3.8, 4) is 0 Å². The molecule has 1 aromatic carbocycles. The predicted molar refractivity (Wildman–Crippen MR) is 103 cm³/mol. The van der Waals surface area contributed by atoms with Gasteiger partial charge in [-0.05, 0) is 42.3 Å². The third-order valence-electron chi connectivity index (χ3n) is 4.21. The fourth-order valence-corrected chi connectivity index (χ4v) is 2.72. The molecule has 0 saturated carbocycles. The molecule has 26 heavy (non-hydrogen) atoms. The van der Waals surface area contributed by atoms with E-state index in [1.54, 1.807) is 25.4 Å². The number of aryl methyl sites for hydroxylation is 2. The molecule has 0 radical (unpaired) electrons. The first-order valence-electron chi connectivity index (χ1n) is 8.58. The number of carbonyl (C=O) groups is 1. The lowest BCUT2D eigenvalue weighted by molar-refractivity contribution is 0.102. The standard InChI is InChI=1S/C19H23N5O2/c1-4-13-7-8-20-17(11-13)23-18(25)14-5-6-16-15(12-14)22-19(24(16)2)21-9-10-26-3/h5-8,11-12H,4,9-10H2,1-3H3,(H,21,22)(H,20,23,25). The molecule has 0 aliphatic heterocycles. The number of imidazole rings is 1. The van der Waals surface area contributed by atoms with Crippen molar-refractivity contribution >= 4 is 28.7 Å². The number of nitrogens with zero attached hydrogens (tertiary/aromatic N) is 3. The lowest BCUT2D eigenvalue weighted by Gasteiger charge is -2.06. The maximum Gasteiger partial charge on any atom is 0.256 e. The van der Waals surface area contributed by atoms with Crippen LogP contribution in [0.2, 0.25) is 0 Å². The summed E-state index contributed by atoms with van der Waals surface area (Å²) in [5.74, 6) is 1.09. The van der Waals surface area contributed by atoms with Gasteiger partial charge in [0.15, 0.2) is 0 Å². The number of hydrogen-bond acceptors (Lipinski definition) is 5. The molecule has 0 aliphatic carbocycles. The molecule has 0 spiro atoms. The number of nitrogens with one attached hydrogen (secondary N) is 2. The van der Waals surface area contributed by atoms with Crippen molar-refractivity contribution < 1.29 is 9.53 Å². The van der Waals surface area contributed by atoms with Crippen molar-refractivity contribution in [3.63, 3.8) is 0 Å². The lowest BCUT2D eigenvalue weighted by Crippen LogP contribution is -2.13. The Hall–Kier alpha value is -2.93. The number of carbonyl (C=O) groups excluding carboxylic acids is 1. The van der Waals surface area contributed by atoms with Gasteiger partial charge in [-0.2, -0.15) is 0 Å². The summed E-state index contributed by atoms with van der Waals surface area (Å²) in [6, 6.07) is 9.30. The first-order chi connectivity index (χ1) is 12.6. The van der Waals surface area contributed by atoms with E-state index in [1.165, 1.54) is 0 Å². The molecule has 2 heterocycles. The number of fused-ring (bicyclic) bond motifs is 1. The second-order valence-corrected chi connectivity index (χ2v) is 5.97. The third kappa shape index (κ3) is 3.83. The summed E-state index contributed by atoms with van der Waals surface area (Å²) in [4.78, 5) is 21.3. The Bertz CT molecular complexity index is 919. The van der Waals surface area contributed by atoms with E-state index < -0.39 is 0 Å². The number of benzene rings is 1. The van der Waals surface area contributed by atoms with Gasteiger partial charge in [0.25, 0.3) is 5.91 Å². The number of methoxy groups -OCH3 is 1. The van der Waals surface area contributed by atoms with Crippen LogP contribution < -0.4 is 10.6 Å². The highest BCUT2D eigenvalue weighted by molar-refractivity contribution is 6.05. The summed E-state index contributed by atoms with van der Waals surface area (Å²) in [6.45, 7) is 3.33. The highest BCUT2D eigenvalue weighted by Crippen LogP contribution is 2.20. The molecule has 7 heteroatoms. The van der Waals surface area contributed by atoms with E-state index in [-0.39, 0.29) is 5.91 Å². The Balaban J connectivity index is 1.80. The molecule has 2 N–H and O–H groups in total. The zero-order valence-corrected chi connectivity index (χ0v) is 15.2. The van der Waals surface area contributed by atoms with Crippen LogP contribution in [-0.4, -0.2) is 40.7 Å². The number of pyridine rings is 1. The van der Waals surface area contributed by atoms with Crippen molar-refractivity contribution in [1.82, 2.24) is 14.5 Å². The quantitative estimate of drug-likeness (QED) is 0.639. The van der Waals surface area contributed by atoms with Crippen molar-refractivity contribution in [2.45, 2.75) is 13.3 Å². The number of anilines is 2. The van der Waals surface area contributed by atoms with Gasteiger partial charge in [0.1, 0.15) is 5.82 Å². The van der Waals surface area contributed by atoms with E-state index in [1.807, 2.05) is 29.8 Å². The molecular formula is C19H23N5O2. The van der Waals surface area contributed by atoms with Gasteiger partial charge >= 0.3 is 0 Å². The summed E-state index contributed by atoms with van der Waals surface area (Å²) < 4.78 is 7.00. The van der Waals surface area contributed by atoms with Crippen molar-refractivity contribution in [2.24, 2.45) is 7.05 Å². The second kappa shape index (κ2) is 7.97. The smallest absolute Gasteiger partial charge is 0.256 e. The zero-order valence-electron chi connectivity index (χ0n) is 15.2. The van der Waals surface area contributed by atoms with Crippen LogP contribution in [-0.2, 0) is 18.2 Å². The van der Waals surface area contributed by atoms with E-state index in [2.05, 4.69) is 27.5 Å². The monoisotopic (exact) mass is 353 g/mol. The van der Waals surface area contributed by atoms with Crippen LogP contribution in [0.3, 0.4) is 0 Å².